The molecule has 0 bridgehead atoms. The monoisotopic (exact) mass is 428 g/mol. The molecule has 1 aromatic heterocycles. The average molecular weight is 429 g/mol. The fourth-order valence-corrected chi connectivity index (χ4v) is 5.61. The highest BCUT2D eigenvalue weighted by Crippen LogP contribution is 2.44. The van der Waals surface area contributed by atoms with Crippen LogP contribution in [0.3, 0.4) is 0 Å². The van der Waals surface area contributed by atoms with Crippen LogP contribution in [0.4, 0.5) is 5.00 Å². The molecule has 1 atom stereocenters. The molecule has 1 aliphatic carbocycles. The number of rotatable bonds is 7. The number of carbonyl (C=O) groups is 3. The van der Waals surface area contributed by atoms with Crippen LogP contribution in [0.15, 0.2) is 30.3 Å². The van der Waals surface area contributed by atoms with Gasteiger partial charge in [-0.05, 0) is 38.2 Å². The van der Waals surface area contributed by atoms with E-state index in [4.69, 9.17) is 5.73 Å². The number of nitrogens with one attached hydrogen (secondary N) is 1. The minimum atomic E-state index is -1.05. The van der Waals surface area contributed by atoms with E-state index in [1.807, 2.05) is 37.3 Å². The van der Waals surface area contributed by atoms with Gasteiger partial charge in [0.05, 0.1) is 17.4 Å². The first-order chi connectivity index (χ1) is 14.2. The van der Waals surface area contributed by atoms with E-state index in [2.05, 4.69) is 5.32 Å². The number of amides is 2. The minimum Gasteiger partial charge on any atom is -0.481 e. The number of hydrogen-bond donors (Lipinski definition) is 3. The van der Waals surface area contributed by atoms with Crippen LogP contribution < -0.4 is 11.1 Å². The Balaban J connectivity index is 1.98. The number of hydrogen-bond acceptors (Lipinski definition) is 4. The molecule has 6 nitrogen and oxygen atoms in total. The Bertz CT molecular complexity index is 948. The maximum absolute atomic E-state index is 13.4. The van der Waals surface area contributed by atoms with Gasteiger partial charge in [0.2, 0.25) is 5.91 Å². The fraction of sp³-hybridized carbons (Fsp3) is 0.435. The lowest BCUT2D eigenvalue weighted by molar-refractivity contribution is -0.145. The van der Waals surface area contributed by atoms with E-state index in [0.29, 0.717) is 10.6 Å². The number of aliphatic carboxylic acids is 1. The van der Waals surface area contributed by atoms with Crippen molar-refractivity contribution >= 4 is 34.1 Å². The van der Waals surface area contributed by atoms with Crippen LogP contribution in [0, 0.1) is 18.3 Å². The van der Waals surface area contributed by atoms with Crippen LogP contribution in [-0.2, 0) is 9.59 Å². The lowest BCUT2D eigenvalue weighted by Gasteiger charge is -2.37. The van der Waals surface area contributed by atoms with E-state index in [1.165, 1.54) is 11.3 Å². The molecule has 30 heavy (non-hydrogen) atoms. The highest BCUT2D eigenvalue weighted by atomic mass is 32.1. The van der Waals surface area contributed by atoms with Gasteiger partial charge in [-0.3, -0.25) is 14.4 Å². The number of thiophene rings is 1. The van der Waals surface area contributed by atoms with E-state index in [0.717, 1.165) is 42.5 Å². The number of aryl methyl sites for hydroxylation is 1. The molecule has 4 N–H and O–H groups in total. The summed E-state index contributed by atoms with van der Waals surface area (Å²) in [6.07, 6.45) is 4.52. The van der Waals surface area contributed by atoms with E-state index in [-0.39, 0.29) is 23.8 Å². The van der Waals surface area contributed by atoms with Gasteiger partial charge in [0.1, 0.15) is 5.00 Å². The third kappa shape index (κ3) is 4.41. The standard InChI is InChI=1S/C23H28N2O4S/c1-14-18(15-9-5-3-6-10-15)19(20(24)28)21(30-14)25-22(29)23(2,13-17(26)27)16-11-7-4-8-12-16/h3,5-6,9-10,16H,4,7-8,11-13H2,1-2H3,(H2,24,28)(H,25,29)(H,26,27). The summed E-state index contributed by atoms with van der Waals surface area (Å²) in [5.41, 5.74) is 6.48. The molecule has 7 heteroatoms. The number of carbonyl (C=O) groups excluding carboxylic acids is 2. The van der Waals surface area contributed by atoms with Crippen LogP contribution in [0.25, 0.3) is 11.1 Å². The molecule has 1 fully saturated rings. The summed E-state index contributed by atoms with van der Waals surface area (Å²) in [6, 6.07) is 9.43. The van der Waals surface area contributed by atoms with Gasteiger partial charge in [0.25, 0.3) is 5.91 Å². The molecule has 2 aromatic rings. The van der Waals surface area contributed by atoms with Crippen molar-refractivity contribution in [2.45, 2.75) is 52.4 Å². The van der Waals surface area contributed by atoms with Gasteiger partial charge in [0, 0.05) is 10.4 Å². The van der Waals surface area contributed by atoms with Gasteiger partial charge < -0.3 is 16.2 Å². The van der Waals surface area contributed by atoms with Crippen LogP contribution in [0.2, 0.25) is 0 Å². The molecule has 2 amide bonds. The molecular formula is C23H28N2O4S. The normalized spacial score (nSPS) is 16.6. The van der Waals surface area contributed by atoms with Gasteiger partial charge in [-0.25, -0.2) is 0 Å². The molecule has 0 spiro atoms. The maximum atomic E-state index is 13.4. The molecule has 1 aliphatic rings. The van der Waals surface area contributed by atoms with Crippen LogP contribution in [0.1, 0.15) is 60.7 Å². The summed E-state index contributed by atoms with van der Waals surface area (Å²) in [6.45, 7) is 3.61. The minimum absolute atomic E-state index is 0.00553. The quantitative estimate of drug-likeness (QED) is 0.587. The second-order valence-electron chi connectivity index (χ2n) is 8.24. The molecule has 0 aliphatic heterocycles. The summed E-state index contributed by atoms with van der Waals surface area (Å²) in [5, 5.41) is 12.7. The zero-order valence-corrected chi connectivity index (χ0v) is 18.2. The average Bonchev–Trinajstić information content (AvgIpc) is 3.04. The maximum Gasteiger partial charge on any atom is 0.304 e. The topological polar surface area (TPSA) is 109 Å². The summed E-state index contributed by atoms with van der Waals surface area (Å²) in [7, 11) is 0. The molecule has 1 aromatic carbocycles. The fourth-order valence-electron chi connectivity index (χ4n) is 4.53. The third-order valence-corrected chi connectivity index (χ3v) is 7.18. The zero-order valence-electron chi connectivity index (χ0n) is 17.4. The highest BCUT2D eigenvalue weighted by molar-refractivity contribution is 7.17. The number of benzene rings is 1. The SMILES string of the molecule is Cc1sc(NC(=O)C(C)(CC(=O)O)C2CCCCC2)c(C(N)=O)c1-c1ccccc1. The first-order valence-electron chi connectivity index (χ1n) is 10.3. The predicted octanol–water partition coefficient (Wildman–Crippen LogP) is 4.82. The van der Waals surface area contributed by atoms with Crippen LogP contribution >= 0.6 is 11.3 Å². The highest BCUT2D eigenvalue weighted by Gasteiger charge is 2.44. The zero-order chi connectivity index (χ0) is 21.9. The Morgan fingerprint density at radius 2 is 1.80 bits per heavy atom. The number of carboxylic acids is 1. The second kappa shape index (κ2) is 9.00. The van der Waals surface area contributed by atoms with Crippen molar-refractivity contribution < 1.29 is 19.5 Å². The van der Waals surface area contributed by atoms with Crippen molar-refractivity contribution in [2.75, 3.05) is 5.32 Å². The predicted molar refractivity (Wildman–Crippen MR) is 119 cm³/mol. The molecule has 0 radical (unpaired) electrons. The van der Waals surface area contributed by atoms with E-state index in [9.17, 15) is 19.5 Å². The summed E-state index contributed by atoms with van der Waals surface area (Å²) in [5.74, 6) is -1.99. The van der Waals surface area contributed by atoms with E-state index >= 15 is 0 Å². The van der Waals surface area contributed by atoms with Gasteiger partial charge >= 0.3 is 5.97 Å². The van der Waals surface area contributed by atoms with Crippen molar-refractivity contribution in [1.82, 2.24) is 0 Å². The molecule has 160 valence electrons. The van der Waals surface area contributed by atoms with Gasteiger partial charge in [-0.2, -0.15) is 0 Å². The molecule has 1 unspecified atom stereocenters. The molecule has 0 saturated heterocycles. The van der Waals surface area contributed by atoms with Crippen molar-refractivity contribution in [3.8, 4) is 11.1 Å². The Morgan fingerprint density at radius 3 is 2.37 bits per heavy atom. The first-order valence-corrected chi connectivity index (χ1v) is 11.1. The Hall–Kier alpha value is -2.67. The summed E-state index contributed by atoms with van der Waals surface area (Å²) in [4.78, 5) is 38.1. The second-order valence-corrected chi connectivity index (χ2v) is 9.47. The number of anilines is 1. The largest absolute Gasteiger partial charge is 0.481 e. The van der Waals surface area contributed by atoms with Gasteiger partial charge in [0.15, 0.2) is 0 Å². The number of carboxylic acid groups (broad SMARTS) is 1. The smallest absolute Gasteiger partial charge is 0.304 e. The molecule has 1 saturated carbocycles. The third-order valence-electron chi connectivity index (χ3n) is 6.16. The van der Waals surface area contributed by atoms with Crippen molar-refractivity contribution in [3.63, 3.8) is 0 Å². The first kappa shape index (κ1) is 22.0. The lowest BCUT2D eigenvalue weighted by atomic mass is 9.67. The van der Waals surface area contributed by atoms with E-state index in [1.54, 1.807) is 6.92 Å². The number of nitrogens with two attached hydrogens (primary N) is 1. The molecule has 1 heterocycles. The van der Waals surface area contributed by atoms with E-state index < -0.39 is 17.3 Å². The van der Waals surface area contributed by atoms with Gasteiger partial charge in [-0.15, -0.1) is 11.3 Å². The Kier molecular flexibility index (Phi) is 6.61. The van der Waals surface area contributed by atoms with Crippen LogP contribution in [-0.4, -0.2) is 22.9 Å². The van der Waals surface area contributed by atoms with Crippen molar-refractivity contribution in [1.29, 1.82) is 0 Å². The number of primary amides is 1. The molecule has 3 rings (SSSR count). The molecular weight excluding hydrogens is 400 g/mol. The van der Waals surface area contributed by atoms with Crippen molar-refractivity contribution in [3.05, 3.63) is 40.8 Å². The summed E-state index contributed by atoms with van der Waals surface area (Å²) < 4.78 is 0. The summed E-state index contributed by atoms with van der Waals surface area (Å²) >= 11 is 1.29. The van der Waals surface area contributed by atoms with Crippen molar-refractivity contribution in [2.24, 2.45) is 17.1 Å². The Morgan fingerprint density at radius 1 is 1.17 bits per heavy atom. The van der Waals surface area contributed by atoms with Crippen LogP contribution in [0.5, 0.6) is 0 Å². The van der Waals surface area contributed by atoms with Gasteiger partial charge in [-0.1, -0.05) is 49.6 Å². The lowest BCUT2D eigenvalue weighted by Crippen LogP contribution is -2.42. The Labute approximate surface area is 180 Å².